The summed E-state index contributed by atoms with van der Waals surface area (Å²) >= 11 is 2.71. The Morgan fingerprint density at radius 2 is 1.74 bits per heavy atom. The number of benzene rings is 1. The number of fused-ring (bicyclic) bond motifs is 1. The van der Waals surface area contributed by atoms with Crippen molar-refractivity contribution in [2.75, 3.05) is 6.54 Å². The summed E-state index contributed by atoms with van der Waals surface area (Å²) in [6.45, 7) is 0.379. The predicted octanol–water partition coefficient (Wildman–Crippen LogP) is 3.66. The van der Waals surface area contributed by atoms with Crippen molar-refractivity contribution in [1.29, 1.82) is 0 Å². The molecule has 0 saturated heterocycles. The van der Waals surface area contributed by atoms with Crippen LogP contribution >= 0.6 is 15.9 Å². The van der Waals surface area contributed by atoms with E-state index >= 15 is 0 Å². The van der Waals surface area contributed by atoms with E-state index in [0.717, 1.165) is 6.42 Å². The first-order valence-electron chi connectivity index (χ1n) is 6.07. The van der Waals surface area contributed by atoms with Crippen LogP contribution in [0.4, 0.5) is 4.39 Å². The maximum atomic E-state index is 12.4. The summed E-state index contributed by atoms with van der Waals surface area (Å²) in [5, 5.41) is 0. The first-order valence-corrected chi connectivity index (χ1v) is 6.87. The van der Waals surface area contributed by atoms with Gasteiger partial charge in [-0.05, 0) is 53.4 Å². The number of hydrogen-bond acceptors (Lipinski definition) is 2. The van der Waals surface area contributed by atoms with E-state index in [-0.39, 0.29) is 16.6 Å². The van der Waals surface area contributed by atoms with E-state index in [4.69, 9.17) is 0 Å². The lowest BCUT2D eigenvalue weighted by molar-refractivity contribution is 0.0652. The summed E-state index contributed by atoms with van der Waals surface area (Å²) in [5.74, 6) is -0.467. The van der Waals surface area contributed by atoms with Crippen molar-refractivity contribution >= 4 is 27.7 Å². The van der Waals surface area contributed by atoms with Crippen LogP contribution in [0.2, 0.25) is 0 Å². The zero-order valence-electron chi connectivity index (χ0n) is 10.2. The molecule has 5 heteroatoms. The lowest BCUT2D eigenvalue weighted by Gasteiger charge is -2.12. The third-order valence-electron chi connectivity index (χ3n) is 3.01. The molecule has 100 valence electrons. The SMILES string of the molecule is O=C1c2ccccc2C(=O)N1CCCC/C=C(/F)Br. The quantitative estimate of drug-likeness (QED) is 0.612. The van der Waals surface area contributed by atoms with Gasteiger partial charge in [0.15, 0.2) is 4.74 Å². The third-order valence-corrected chi connectivity index (χ3v) is 3.34. The van der Waals surface area contributed by atoms with Crippen LogP contribution in [-0.4, -0.2) is 23.3 Å². The Labute approximate surface area is 119 Å². The lowest BCUT2D eigenvalue weighted by atomic mass is 10.1. The highest BCUT2D eigenvalue weighted by Gasteiger charge is 2.34. The predicted molar refractivity (Wildman–Crippen MR) is 73.8 cm³/mol. The maximum Gasteiger partial charge on any atom is 0.261 e. The summed E-state index contributed by atoms with van der Waals surface area (Å²) in [6, 6.07) is 6.82. The first kappa shape index (κ1) is 13.9. The molecule has 0 bridgehead atoms. The highest BCUT2D eigenvalue weighted by molar-refractivity contribution is 9.11. The minimum absolute atomic E-state index is 0.234. The minimum atomic E-state index is -0.381. The molecule has 0 aliphatic carbocycles. The van der Waals surface area contributed by atoms with E-state index in [2.05, 4.69) is 15.9 Å². The summed E-state index contributed by atoms with van der Waals surface area (Å²) in [4.78, 5) is 25.3. The van der Waals surface area contributed by atoms with Crippen LogP contribution in [0.5, 0.6) is 0 Å². The standard InChI is InChI=1S/C14H13BrFNO2/c15-12(16)8-2-1-5-9-17-13(18)10-6-3-4-7-11(10)14(17)19/h3-4,6-8H,1-2,5,9H2/b12-8+. The number of nitrogens with zero attached hydrogens (tertiary/aromatic N) is 1. The fourth-order valence-electron chi connectivity index (χ4n) is 2.07. The molecule has 0 N–H and O–H groups in total. The molecule has 0 aromatic heterocycles. The van der Waals surface area contributed by atoms with Crippen LogP contribution in [0.1, 0.15) is 40.0 Å². The van der Waals surface area contributed by atoms with Gasteiger partial charge in [-0.1, -0.05) is 12.1 Å². The van der Waals surface area contributed by atoms with Gasteiger partial charge in [-0.2, -0.15) is 4.39 Å². The largest absolute Gasteiger partial charge is 0.274 e. The fraction of sp³-hybridized carbons (Fsp3) is 0.286. The molecule has 0 saturated carbocycles. The fourth-order valence-corrected chi connectivity index (χ4v) is 2.30. The molecule has 1 heterocycles. The minimum Gasteiger partial charge on any atom is -0.274 e. The highest BCUT2D eigenvalue weighted by atomic mass is 79.9. The topological polar surface area (TPSA) is 37.4 Å². The molecule has 2 amide bonds. The van der Waals surface area contributed by atoms with Gasteiger partial charge in [0.05, 0.1) is 11.1 Å². The molecule has 0 spiro atoms. The van der Waals surface area contributed by atoms with Crippen molar-refractivity contribution in [3.8, 4) is 0 Å². The third kappa shape index (κ3) is 3.10. The highest BCUT2D eigenvalue weighted by Crippen LogP contribution is 2.22. The van der Waals surface area contributed by atoms with Crippen LogP contribution in [0, 0.1) is 0 Å². The number of amides is 2. The molecule has 0 atom stereocenters. The van der Waals surface area contributed by atoms with Crippen molar-refractivity contribution in [3.05, 3.63) is 46.2 Å². The van der Waals surface area contributed by atoms with E-state index in [1.165, 1.54) is 11.0 Å². The summed E-state index contributed by atoms with van der Waals surface area (Å²) in [6.07, 6.45) is 3.41. The lowest BCUT2D eigenvalue weighted by Crippen LogP contribution is -2.30. The molecule has 0 unspecified atom stereocenters. The van der Waals surface area contributed by atoms with E-state index < -0.39 is 0 Å². The zero-order valence-corrected chi connectivity index (χ0v) is 11.8. The Balaban J connectivity index is 1.92. The normalized spacial score (nSPS) is 15.1. The molecule has 3 nitrogen and oxygen atoms in total. The number of halogens is 2. The van der Waals surface area contributed by atoms with E-state index in [1.54, 1.807) is 24.3 Å². The van der Waals surface area contributed by atoms with Crippen molar-refractivity contribution < 1.29 is 14.0 Å². The van der Waals surface area contributed by atoms with Crippen LogP contribution in [0.15, 0.2) is 35.1 Å². The van der Waals surface area contributed by atoms with Crippen molar-refractivity contribution in [3.63, 3.8) is 0 Å². The Bertz CT molecular complexity index is 503. The first-order chi connectivity index (χ1) is 9.11. The van der Waals surface area contributed by atoms with Crippen molar-refractivity contribution in [1.82, 2.24) is 4.90 Å². The molecule has 19 heavy (non-hydrogen) atoms. The van der Waals surface area contributed by atoms with E-state index in [1.807, 2.05) is 0 Å². The second kappa shape index (κ2) is 6.10. The van der Waals surface area contributed by atoms with Gasteiger partial charge in [-0.3, -0.25) is 14.5 Å². The number of imide groups is 1. The smallest absolute Gasteiger partial charge is 0.261 e. The molecule has 1 aliphatic heterocycles. The number of carbonyl (C=O) groups excluding carboxylic acids is 2. The Morgan fingerprint density at radius 3 is 2.26 bits per heavy atom. The van der Waals surface area contributed by atoms with Gasteiger partial charge < -0.3 is 0 Å². The summed E-state index contributed by atoms with van der Waals surface area (Å²) in [5.41, 5.74) is 0.942. The monoisotopic (exact) mass is 325 g/mol. The van der Waals surface area contributed by atoms with E-state index in [0.29, 0.717) is 30.5 Å². The molecule has 2 rings (SSSR count). The number of allylic oxidation sites excluding steroid dienone is 1. The van der Waals surface area contributed by atoms with Gasteiger partial charge in [0, 0.05) is 6.54 Å². The Morgan fingerprint density at radius 1 is 1.16 bits per heavy atom. The van der Waals surface area contributed by atoms with E-state index in [9.17, 15) is 14.0 Å². The molecule has 1 aromatic carbocycles. The molecular formula is C14H13BrFNO2. The number of rotatable bonds is 5. The Kier molecular flexibility index (Phi) is 4.47. The second-order valence-corrected chi connectivity index (χ2v) is 5.05. The molecule has 0 fully saturated rings. The van der Waals surface area contributed by atoms with Gasteiger partial charge in [0.2, 0.25) is 0 Å². The molecule has 0 radical (unpaired) electrons. The molecule has 1 aliphatic rings. The van der Waals surface area contributed by atoms with Gasteiger partial charge in [-0.15, -0.1) is 0 Å². The molecular weight excluding hydrogens is 313 g/mol. The Hall–Kier alpha value is -1.49. The van der Waals surface area contributed by atoms with Gasteiger partial charge in [0.25, 0.3) is 11.8 Å². The van der Waals surface area contributed by atoms with Gasteiger partial charge in [0.1, 0.15) is 0 Å². The summed E-state index contributed by atoms with van der Waals surface area (Å²) < 4.78 is 12.0. The number of carbonyl (C=O) groups is 2. The maximum absolute atomic E-state index is 12.4. The zero-order chi connectivity index (χ0) is 13.8. The van der Waals surface area contributed by atoms with Gasteiger partial charge >= 0.3 is 0 Å². The van der Waals surface area contributed by atoms with Crippen LogP contribution in [0.3, 0.4) is 0 Å². The number of hydrogen-bond donors (Lipinski definition) is 0. The second-order valence-electron chi connectivity index (χ2n) is 4.30. The van der Waals surface area contributed by atoms with Crippen LogP contribution in [-0.2, 0) is 0 Å². The average Bonchev–Trinajstić information content (AvgIpc) is 2.63. The van der Waals surface area contributed by atoms with Crippen molar-refractivity contribution in [2.24, 2.45) is 0 Å². The summed E-state index contributed by atoms with van der Waals surface area (Å²) in [7, 11) is 0. The van der Waals surface area contributed by atoms with Crippen LogP contribution in [0.25, 0.3) is 0 Å². The average molecular weight is 326 g/mol. The number of unbranched alkanes of at least 4 members (excludes halogenated alkanes) is 2. The van der Waals surface area contributed by atoms with Crippen molar-refractivity contribution in [2.45, 2.75) is 19.3 Å². The van der Waals surface area contributed by atoms with Crippen LogP contribution < -0.4 is 0 Å². The molecule has 1 aromatic rings. The van der Waals surface area contributed by atoms with Gasteiger partial charge in [-0.25, -0.2) is 0 Å².